The van der Waals surface area contributed by atoms with Crippen LogP contribution in [0.15, 0.2) is 23.3 Å². The molecule has 2 heteroatoms. The first kappa shape index (κ1) is 9.04. The Bertz CT molecular complexity index is 249. The lowest BCUT2D eigenvalue weighted by Gasteiger charge is -2.17. The minimum absolute atomic E-state index is 0.149. The van der Waals surface area contributed by atoms with Crippen molar-refractivity contribution >= 4 is 5.97 Å². The molecule has 0 aromatic carbocycles. The standard InChI is InChI=1S/C10H14O2/c1-7-5-4-6-9(8(7)2)10(11)12-3/h4,6,9H,5H2,1-3H3. The molecule has 12 heavy (non-hydrogen) atoms. The van der Waals surface area contributed by atoms with Crippen molar-refractivity contribution in [2.75, 3.05) is 7.11 Å². The van der Waals surface area contributed by atoms with E-state index < -0.39 is 0 Å². The molecule has 0 spiro atoms. The molecule has 0 amide bonds. The summed E-state index contributed by atoms with van der Waals surface area (Å²) in [5.74, 6) is -0.313. The van der Waals surface area contributed by atoms with E-state index in [-0.39, 0.29) is 11.9 Å². The second-order valence-corrected chi connectivity index (χ2v) is 3.10. The quantitative estimate of drug-likeness (QED) is 0.440. The highest BCUT2D eigenvalue weighted by molar-refractivity contribution is 5.78. The number of carbonyl (C=O) groups is 1. The first-order valence-corrected chi connectivity index (χ1v) is 4.07. The van der Waals surface area contributed by atoms with Gasteiger partial charge in [-0.05, 0) is 20.3 Å². The Morgan fingerprint density at radius 1 is 1.58 bits per heavy atom. The van der Waals surface area contributed by atoms with Crippen molar-refractivity contribution in [3.8, 4) is 0 Å². The summed E-state index contributed by atoms with van der Waals surface area (Å²) in [6.07, 6.45) is 4.89. The summed E-state index contributed by atoms with van der Waals surface area (Å²) in [5, 5.41) is 0. The third kappa shape index (κ3) is 1.58. The van der Waals surface area contributed by atoms with E-state index in [9.17, 15) is 4.79 Å². The maximum Gasteiger partial charge on any atom is 0.316 e. The summed E-state index contributed by atoms with van der Waals surface area (Å²) in [6, 6.07) is 0. The van der Waals surface area contributed by atoms with Gasteiger partial charge in [0.1, 0.15) is 0 Å². The fraction of sp³-hybridized carbons (Fsp3) is 0.500. The van der Waals surface area contributed by atoms with Crippen molar-refractivity contribution in [2.24, 2.45) is 5.92 Å². The van der Waals surface area contributed by atoms with Gasteiger partial charge >= 0.3 is 5.97 Å². The van der Waals surface area contributed by atoms with E-state index in [2.05, 4.69) is 11.7 Å². The van der Waals surface area contributed by atoms with Gasteiger partial charge in [-0.1, -0.05) is 23.3 Å². The van der Waals surface area contributed by atoms with Crippen LogP contribution in [0.2, 0.25) is 0 Å². The summed E-state index contributed by atoms with van der Waals surface area (Å²) < 4.78 is 4.68. The average Bonchev–Trinajstić information content (AvgIpc) is 2.08. The molecular formula is C10H14O2. The van der Waals surface area contributed by atoms with Crippen LogP contribution in [0.1, 0.15) is 20.3 Å². The van der Waals surface area contributed by atoms with E-state index in [1.165, 1.54) is 12.7 Å². The molecule has 66 valence electrons. The summed E-state index contributed by atoms with van der Waals surface area (Å²) >= 11 is 0. The van der Waals surface area contributed by atoms with Crippen molar-refractivity contribution in [3.63, 3.8) is 0 Å². The largest absolute Gasteiger partial charge is 0.468 e. The zero-order chi connectivity index (χ0) is 9.14. The second kappa shape index (κ2) is 3.57. The molecule has 1 aliphatic rings. The van der Waals surface area contributed by atoms with Gasteiger partial charge in [-0.2, -0.15) is 0 Å². The first-order valence-electron chi connectivity index (χ1n) is 4.07. The number of esters is 1. The fourth-order valence-corrected chi connectivity index (χ4v) is 1.33. The smallest absolute Gasteiger partial charge is 0.316 e. The van der Waals surface area contributed by atoms with Crippen LogP contribution in [0, 0.1) is 5.92 Å². The molecule has 1 rings (SSSR count). The molecule has 1 atom stereocenters. The number of carbonyl (C=O) groups excluding carboxylic acids is 1. The molecule has 0 aromatic heterocycles. The fourth-order valence-electron chi connectivity index (χ4n) is 1.33. The minimum atomic E-state index is -0.164. The highest BCUT2D eigenvalue weighted by Crippen LogP contribution is 2.24. The van der Waals surface area contributed by atoms with Gasteiger partial charge in [0.2, 0.25) is 0 Å². The molecule has 0 aromatic rings. The van der Waals surface area contributed by atoms with Crippen LogP contribution in [0.25, 0.3) is 0 Å². The molecule has 2 nitrogen and oxygen atoms in total. The zero-order valence-corrected chi connectivity index (χ0v) is 7.76. The molecule has 0 saturated carbocycles. The predicted octanol–water partition coefficient (Wildman–Crippen LogP) is 2.07. The number of rotatable bonds is 1. The van der Waals surface area contributed by atoms with Crippen LogP contribution in [0.5, 0.6) is 0 Å². The van der Waals surface area contributed by atoms with Crippen molar-refractivity contribution in [3.05, 3.63) is 23.3 Å². The minimum Gasteiger partial charge on any atom is -0.468 e. The Morgan fingerprint density at radius 2 is 2.25 bits per heavy atom. The maximum atomic E-state index is 11.2. The Morgan fingerprint density at radius 3 is 2.83 bits per heavy atom. The number of ether oxygens (including phenoxy) is 1. The van der Waals surface area contributed by atoms with E-state index in [4.69, 9.17) is 0 Å². The molecule has 0 radical (unpaired) electrons. The van der Waals surface area contributed by atoms with Gasteiger partial charge in [-0.3, -0.25) is 4.79 Å². The summed E-state index contributed by atoms with van der Waals surface area (Å²) in [5.41, 5.74) is 2.40. The van der Waals surface area contributed by atoms with Gasteiger partial charge in [0, 0.05) is 0 Å². The van der Waals surface area contributed by atoms with Gasteiger partial charge in [-0.15, -0.1) is 0 Å². The molecule has 0 saturated heterocycles. The third-order valence-corrected chi connectivity index (χ3v) is 2.35. The van der Waals surface area contributed by atoms with E-state index >= 15 is 0 Å². The Hall–Kier alpha value is -1.05. The van der Waals surface area contributed by atoms with Crippen LogP contribution in [0.3, 0.4) is 0 Å². The highest BCUT2D eigenvalue weighted by atomic mass is 16.5. The number of hydrogen-bond acceptors (Lipinski definition) is 2. The van der Waals surface area contributed by atoms with Crippen LogP contribution in [0.4, 0.5) is 0 Å². The van der Waals surface area contributed by atoms with Crippen LogP contribution < -0.4 is 0 Å². The van der Waals surface area contributed by atoms with E-state index in [1.54, 1.807) is 0 Å². The van der Waals surface area contributed by atoms with Gasteiger partial charge in [0.05, 0.1) is 13.0 Å². The lowest BCUT2D eigenvalue weighted by molar-refractivity contribution is -0.142. The Kier molecular flexibility index (Phi) is 2.69. The Labute approximate surface area is 72.9 Å². The third-order valence-electron chi connectivity index (χ3n) is 2.35. The lowest BCUT2D eigenvalue weighted by atomic mass is 9.90. The number of allylic oxidation sites excluding steroid dienone is 2. The van der Waals surface area contributed by atoms with Crippen molar-refractivity contribution < 1.29 is 9.53 Å². The SMILES string of the molecule is COC(=O)C1C=CCC(C)=C1C. The second-order valence-electron chi connectivity index (χ2n) is 3.10. The molecule has 0 bridgehead atoms. The van der Waals surface area contributed by atoms with E-state index in [1.807, 2.05) is 19.1 Å². The van der Waals surface area contributed by atoms with Gasteiger partial charge in [0.25, 0.3) is 0 Å². The zero-order valence-electron chi connectivity index (χ0n) is 7.76. The molecule has 0 fully saturated rings. The predicted molar refractivity (Wildman–Crippen MR) is 47.6 cm³/mol. The molecule has 0 heterocycles. The molecule has 1 unspecified atom stereocenters. The average molecular weight is 166 g/mol. The van der Waals surface area contributed by atoms with Crippen molar-refractivity contribution in [1.29, 1.82) is 0 Å². The van der Waals surface area contributed by atoms with Crippen LogP contribution in [-0.4, -0.2) is 13.1 Å². The van der Waals surface area contributed by atoms with Crippen molar-refractivity contribution in [1.82, 2.24) is 0 Å². The summed E-state index contributed by atoms with van der Waals surface area (Å²) in [4.78, 5) is 11.2. The lowest BCUT2D eigenvalue weighted by Crippen LogP contribution is -2.17. The molecule has 0 N–H and O–H groups in total. The summed E-state index contributed by atoms with van der Waals surface area (Å²) in [7, 11) is 1.42. The van der Waals surface area contributed by atoms with Crippen LogP contribution >= 0.6 is 0 Å². The Balaban J connectivity index is 2.84. The van der Waals surface area contributed by atoms with Crippen molar-refractivity contribution in [2.45, 2.75) is 20.3 Å². The molecular weight excluding hydrogens is 152 g/mol. The van der Waals surface area contributed by atoms with Gasteiger partial charge in [-0.25, -0.2) is 0 Å². The summed E-state index contributed by atoms with van der Waals surface area (Å²) in [6.45, 7) is 4.04. The monoisotopic (exact) mass is 166 g/mol. The first-order chi connectivity index (χ1) is 5.66. The van der Waals surface area contributed by atoms with Gasteiger partial charge in [0.15, 0.2) is 0 Å². The topological polar surface area (TPSA) is 26.3 Å². The van der Waals surface area contributed by atoms with Gasteiger partial charge < -0.3 is 4.74 Å². The van der Waals surface area contributed by atoms with E-state index in [0.717, 1.165) is 12.0 Å². The molecule has 0 aliphatic heterocycles. The van der Waals surface area contributed by atoms with Crippen LogP contribution in [-0.2, 0) is 9.53 Å². The normalized spacial score (nSPS) is 22.8. The maximum absolute atomic E-state index is 11.2. The molecule has 1 aliphatic carbocycles. The number of hydrogen-bond donors (Lipinski definition) is 0. The van der Waals surface area contributed by atoms with E-state index in [0.29, 0.717) is 0 Å². The number of methoxy groups -OCH3 is 1. The highest BCUT2D eigenvalue weighted by Gasteiger charge is 2.21.